The van der Waals surface area contributed by atoms with Gasteiger partial charge in [0.25, 0.3) is 0 Å². The lowest BCUT2D eigenvalue weighted by molar-refractivity contribution is -0.135. The van der Waals surface area contributed by atoms with E-state index in [1.807, 2.05) is 0 Å². The molecule has 0 unspecified atom stereocenters. The van der Waals surface area contributed by atoms with Crippen molar-refractivity contribution in [1.82, 2.24) is 9.80 Å². The minimum Gasteiger partial charge on any atom is -0.340 e. The normalized spacial score (nSPS) is 18.3. The summed E-state index contributed by atoms with van der Waals surface area (Å²) in [6.45, 7) is 5.99. The SMILES string of the molecule is CCN(C(=O)CCCCCCCCC(=O)N(CC)C1CCCCC1)C1CCCCC1. The number of carbonyl (C=O) groups excluding carboxylic acids is 2. The molecule has 2 fully saturated rings. The highest BCUT2D eigenvalue weighted by molar-refractivity contribution is 5.76. The van der Waals surface area contributed by atoms with E-state index in [9.17, 15) is 9.59 Å². The van der Waals surface area contributed by atoms with Crippen molar-refractivity contribution >= 4 is 11.8 Å². The number of unbranched alkanes of at least 4 members (excludes halogenated alkanes) is 5. The van der Waals surface area contributed by atoms with Crippen LogP contribution in [0.25, 0.3) is 0 Å². The number of carbonyl (C=O) groups is 2. The number of rotatable bonds is 13. The molecule has 4 nitrogen and oxygen atoms in total. The predicted molar refractivity (Wildman–Crippen MR) is 125 cm³/mol. The van der Waals surface area contributed by atoms with Crippen molar-refractivity contribution in [2.75, 3.05) is 13.1 Å². The van der Waals surface area contributed by atoms with Crippen LogP contribution in [0.3, 0.4) is 0 Å². The first-order chi connectivity index (χ1) is 14.7. The fourth-order valence-electron chi connectivity index (χ4n) is 5.61. The van der Waals surface area contributed by atoms with E-state index in [1.165, 1.54) is 77.0 Å². The van der Waals surface area contributed by atoms with Gasteiger partial charge in [-0.05, 0) is 52.4 Å². The summed E-state index contributed by atoms with van der Waals surface area (Å²) in [5, 5.41) is 0. The van der Waals surface area contributed by atoms with Gasteiger partial charge in [0.15, 0.2) is 0 Å². The molecule has 0 aliphatic heterocycles. The number of nitrogens with zero attached hydrogens (tertiary/aromatic N) is 2. The summed E-state index contributed by atoms with van der Waals surface area (Å²) in [6, 6.07) is 1.01. The van der Waals surface area contributed by atoms with Gasteiger partial charge in [0.05, 0.1) is 0 Å². The zero-order chi connectivity index (χ0) is 21.6. The topological polar surface area (TPSA) is 40.6 Å². The van der Waals surface area contributed by atoms with Crippen LogP contribution in [0.1, 0.15) is 129 Å². The molecule has 2 saturated carbocycles. The highest BCUT2D eigenvalue weighted by atomic mass is 16.2. The third kappa shape index (κ3) is 8.59. The standard InChI is InChI=1S/C26H48N2O2/c1-3-27(23-17-11-9-12-18-23)25(29)21-15-7-5-6-8-16-22-26(30)28(4-2)24-19-13-10-14-20-24/h23-24H,3-22H2,1-2H3. The van der Waals surface area contributed by atoms with Crippen LogP contribution in [0.4, 0.5) is 0 Å². The van der Waals surface area contributed by atoms with Crippen molar-refractivity contribution in [3.05, 3.63) is 0 Å². The molecule has 174 valence electrons. The van der Waals surface area contributed by atoms with E-state index in [2.05, 4.69) is 23.6 Å². The van der Waals surface area contributed by atoms with Gasteiger partial charge >= 0.3 is 0 Å². The van der Waals surface area contributed by atoms with Crippen LogP contribution >= 0.6 is 0 Å². The quantitative estimate of drug-likeness (QED) is 0.320. The van der Waals surface area contributed by atoms with Gasteiger partial charge in [-0.2, -0.15) is 0 Å². The van der Waals surface area contributed by atoms with E-state index in [0.29, 0.717) is 23.9 Å². The summed E-state index contributed by atoms with van der Waals surface area (Å²) in [5.41, 5.74) is 0. The van der Waals surface area contributed by atoms with Crippen LogP contribution in [0.5, 0.6) is 0 Å². The highest BCUT2D eigenvalue weighted by Crippen LogP contribution is 2.24. The third-order valence-corrected chi connectivity index (χ3v) is 7.38. The summed E-state index contributed by atoms with van der Waals surface area (Å²) >= 11 is 0. The molecular weight excluding hydrogens is 372 g/mol. The van der Waals surface area contributed by atoms with E-state index < -0.39 is 0 Å². The van der Waals surface area contributed by atoms with Gasteiger partial charge in [0, 0.05) is 38.0 Å². The Labute approximate surface area is 186 Å². The number of hydrogen-bond donors (Lipinski definition) is 0. The van der Waals surface area contributed by atoms with Gasteiger partial charge in [-0.15, -0.1) is 0 Å². The minimum absolute atomic E-state index is 0.373. The molecule has 2 aliphatic carbocycles. The lowest BCUT2D eigenvalue weighted by Gasteiger charge is -2.33. The maximum atomic E-state index is 12.6. The van der Waals surface area contributed by atoms with Gasteiger partial charge in [-0.1, -0.05) is 64.2 Å². The van der Waals surface area contributed by atoms with E-state index in [1.54, 1.807) is 0 Å². The summed E-state index contributed by atoms with van der Waals surface area (Å²) in [6.07, 6.45) is 20.8. The fourth-order valence-corrected chi connectivity index (χ4v) is 5.61. The first kappa shape index (κ1) is 25.2. The Balaban J connectivity index is 1.51. The van der Waals surface area contributed by atoms with Crippen LogP contribution in [-0.4, -0.2) is 46.8 Å². The summed E-state index contributed by atoms with van der Waals surface area (Å²) in [5.74, 6) is 0.745. The number of hydrogen-bond acceptors (Lipinski definition) is 2. The molecule has 0 aromatic carbocycles. The maximum Gasteiger partial charge on any atom is 0.222 e. The zero-order valence-corrected chi connectivity index (χ0v) is 20.0. The predicted octanol–water partition coefficient (Wildman–Crippen LogP) is 6.47. The Morgan fingerprint density at radius 2 is 0.900 bits per heavy atom. The van der Waals surface area contributed by atoms with Crippen molar-refractivity contribution in [3.8, 4) is 0 Å². The van der Waals surface area contributed by atoms with Crippen molar-refractivity contribution in [3.63, 3.8) is 0 Å². The largest absolute Gasteiger partial charge is 0.340 e. The van der Waals surface area contributed by atoms with Gasteiger partial charge in [0.2, 0.25) is 11.8 Å². The molecule has 0 saturated heterocycles. The Morgan fingerprint density at radius 1 is 0.567 bits per heavy atom. The number of amides is 2. The van der Waals surface area contributed by atoms with E-state index in [4.69, 9.17) is 0 Å². The lowest BCUT2D eigenvalue weighted by atomic mass is 9.93. The molecule has 0 radical (unpaired) electrons. The fraction of sp³-hybridized carbons (Fsp3) is 0.923. The monoisotopic (exact) mass is 420 g/mol. The molecular formula is C26H48N2O2. The third-order valence-electron chi connectivity index (χ3n) is 7.38. The maximum absolute atomic E-state index is 12.6. The smallest absolute Gasteiger partial charge is 0.222 e. The van der Waals surface area contributed by atoms with Gasteiger partial charge < -0.3 is 9.80 Å². The van der Waals surface area contributed by atoms with Crippen LogP contribution in [-0.2, 0) is 9.59 Å². The zero-order valence-electron chi connectivity index (χ0n) is 20.0. The van der Waals surface area contributed by atoms with Gasteiger partial charge in [-0.3, -0.25) is 9.59 Å². The molecule has 0 bridgehead atoms. The van der Waals surface area contributed by atoms with E-state index in [0.717, 1.165) is 51.6 Å². The van der Waals surface area contributed by atoms with Crippen LogP contribution < -0.4 is 0 Å². The van der Waals surface area contributed by atoms with Crippen LogP contribution in [0, 0.1) is 0 Å². The Bertz CT molecular complexity index is 437. The molecule has 30 heavy (non-hydrogen) atoms. The molecule has 4 heteroatoms. The second-order valence-electron chi connectivity index (χ2n) is 9.56. The Kier molecular flexibility index (Phi) is 12.5. The minimum atomic E-state index is 0.373. The van der Waals surface area contributed by atoms with Crippen LogP contribution in [0.2, 0.25) is 0 Å². The first-order valence-electron chi connectivity index (χ1n) is 13.3. The molecule has 2 aliphatic rings. The second-order valence-corrected chi connectivity index (χ2v) is 9.56. The Morgan fingerprint density at radius 3 is 1.23 bits per heavy atom. The van der Waals surface area contributed by atoms with Gasteiger partial charge in [-0.25, -0.2) is 0 Å². The lowest BCUT2D eigenvalue weighted by Crippen LogP contribution is -2.41. The molecule has 2 amide bonds. The molecule has 0 aromatic rings. The van der Waals surface area contributed by atoms with Crippen LogP contribution in [0.15, 0.2) is 0 Å². The molecule has 0 N–H and O–H groups in total. The second kappa shape index (κ2) is 14.9. The molecule has 2 rings (SSSR count). The molecule has 0 heterocycles. The summed E-state index contributed by atoms with van der Waals surface area (Å²) in [7, 11) is 0. The average Bonchev–Trinajstić information content (AvgIpc) is 2.78. The Hall–Kier alpha value is -1.06. The summed E-state index contributed by atoms with van der Waals surface area (Å²) in [4.78, 5) is 29.5. The van der Waals surface area contributed by atoms with Crippen molar-refractivity contribution in [1.29, 1.82) is 0 Å². The molecule has 0 aromatic heterocycles. The average molecular weight is 421 g/mol. The van der Waals surface area contributed by atoms with E-state index in [-0.39, 0.29) is 0 Å². The van der Waals surface area contributed by atoms with Gasteiger partial charge in [0.1, 0.15) is 0 Å². The summed E-state index contributed by atoms with van der Waals surface area (Å²) < 4.78 is 0. The first-order valence-corrected chi connectivity index (χ1v) is 13.3. The van der Waals surface area contributed by atoms with E-state index >= 15 is 0 Å². The molecule has 0 spiro atoms. The van der Waals surface area contributed by atoms with Crippen molar-refractivity contribution in [2.45, 2.75) is 142 Å². The van der Waals surface area contributed by atoms with Crippen molar-refractivity contribution in [2.24, 2.45) is 0 Å². The highest BCUT2D eigenvalue weighted by Gasteiger charge is 2.24. The van der Waals surface area contributed by atoms with Crippen molar-refractivity contribution < 1.29 is 9.59 Å². The molecule has 0 atom stereocenters.